The molecule has 0 radical (unpaired) electrons. The van der Waals surface area contributed by atoms with Crippen molar-refractivity contribution in [1.82, 2.24) is 10.3 Å². The molecule has 10 nitrogen and oxygen atoms in total. The zero-order valence-corrected chi connectivity index (χ0v) is 21.6. The second-order valence-corrected chi connectivity index (χ2v) is 9.41. The first kappa shape index (κ1) is 25.0. The van der Waals surface area contributed by atoms with Gasteiger partial charge in [-0.3, -0.25) is 9.59 Å². The number of ether oxygens (including phenoxy) is 2. The Labute approximate surface area is 220 Å². The van der Waals surface area contributed by atoms with Gasteiger partial charge in [0.2, 0.25) is 11.8 Å². The maximum atomic E-state index is 12.9. The predicted molar refractivity (Wildman–Crippen MR) is 143 cm³/mol. The summed E-state index contributed by atoms with van der Waals surface area (Å²) in [4.78, 5) is 42.4. The molecule has 0 aliphatic rings. The van der Waals surface area contributed by atoms with E-state index >= 15 is 0 Å². The Hall–Kier alpha value is -4.64. The van der Waals surface area contributed by atoms with Gasteiger partial charge in [0.1, 0.15) is 34.0 Å². The van der Waals surface area contributed by atoms with Crippen molar-refractivity contribution >= 4 is 49.5 Å². The normalized spacial score (nSPS) is 11.0. The first-order valence-corrected chi connectivity index (χ1v) is 12.4. The number of rotatable bonds is 8. The second-order valence-electron chi connectivity index (χ2n) is 8.38. The van der Waals surface area contributed by atoms with E-state index in [-0.39, 0.29) is 18.4 Å². The van der Waals surface area contributed by atoms with Crippen LogP contribution < -0.4 is 25.7 Å². The average Bonchev–Trinajstić information content (AvgIpc) is 3.47. The Bertz CT molecular complexity index is 1720. The summed E-state index contributed by atoms with van der Waals surface area (Å²) in [6.45, 7) is 1.36. The van der Waals surface area contributed by atoms with Crippen molar-refractivity contribution < 1.29 is 27.9 Å². The topological polar surface area (TPSA) is 133 Å². The highest BCUT2D eigenvalue weighted by atomic mass is 32.1. The summed E-state index contributed by atoms with van der Waals surface area (Å²) in [5.41, 5.74) is 1.47. The lowest BCUT2D eigenvalue weighted by molar-refractivity contribution is -0.123. The molecule has 0 atom stereocenters. The molecule has 0 unspecified atom stereocenters. The van der Waals surface area contributed by atoms with E-state index in [0.29, 0.717) is 44.9 Å². The summed E-state index contributed by atoms with van der Waals surface area (Å²) >= 11 is 1.30. The van der Waals surface area contributed by atoms with E-state index in [0.717, 1.165) is 10.2 Å². The van der Waals surface area contributed by atoms with E-state index in [1.807, 2.05) is 6.07 Å². The Morgan fingerprint density at radius 2 is 1.71 bits per heavy atom. The van der Waals surface area contributed by atoms with Crippen LogP contribution in [0.3, 0.4) is 0 Å². The summed E-state index contributed by atoms with van der Waals surface area (Å²) in [5.74, 6) is 1.19. The first-order chi connectivity index (χ1) is 18.3. The van der Waals surface area contributed by atoms with Crippen molar-refractivity contribution in [1.29, 1.82) is 0 Å². The van der Waals surface area contributed by atoms with E-state index in [2.05, 4.69) is 15.6 Å². The molecular formula is C27H23N3O7S. The molecule has 0 saturated carbocycles. The number of furan rings is 1. The van der Waals surface area contributed by atoms with Gasteiger partial charge in [-0.05, 0) is 49.4 Å². The van der Waals surface area contributed by atoms with Crippen LogP contribution >= 0.6 is 11.3 Å². The van der Waals surface area contributed by atoms with Crippen LogP contribution in [0.15, 0.2) is 62.2 Å². The fourth-order valence-corrected chi connectivity index (χ4v) is 4.93. The highest BCUT2D eigenvalue weighted by molar-refractivity contribution is 7.22. The van der Waals surface area contributed by atoms with Crippen LogP contribution in [0.4, 0.5) is 5.13 Å². The van der Waals surface area contributed by atoms with Crippen molar-refractivity contribution in [2.45, 2.75) is 13.3 Å². The van der Waals surface area contributed by atoms with E-state index < -0.39 is 17.4 Å². The molecule has 194 valence electrons. The lowest BCUT2D eigenvalue weighted by Gasteiger charge is -2.07. The Balaban J connectivity index is 1.32. The molecular weight excluding hydrogens is 510 g/mol. The molecule has 0 fully saturated rings. The maximum absolute atomic E-state index is 12.9. The molecule has 2 amide bonds. The number of carbonyl (C=O) groups is 2. The molecule has 11 heteroatoms. The summed E-state index contributed by atoms with van der Waals surface area (Å²) in [6, 6.07) is 14.1. The van der Waals surface area contributed by atoms with Crippen LogP contribution in [0.2, 0.25) is 0 Å². The van der Waals surface area contributed by atoms with Gasteiger partial charge in [0.25, 0.3) is 0 Å². The third-order valence-corrected chi connectivity index (χ3v) is 6.74. The molecule has 5 rings (SSSR count). The van der Waals surface area contributed by atoms with Gasteiger partial charge >= 0.3 is 5.63 Å². The van der Waals surface area contributed by atoms with Gasteiger partial charge in [0.15, 0.2) is 5.13 Å². The number of anilines is 1. The average molecular weight is 534 g/mol. The van der Waals surface area contributed by atoms with E-state index in [4.69, 9.17) is 18.3 Å². The SMILES string of the molecule is COc1ccc(-c2oc3cc(C)oc(=O)c3c2CC(=O)NCC(=O)Nc2nc3ccc(OC)cc3s2)cc1. The number of aromatic nitrogens is 1. The number of amides is 2. The van der Waals surface area contributed by atoms with Gasteiger partial charge in [0.05, 0.1) is 37.4 Å². The van der Waals surface area contributed by atoms with Gasteiger partial charge in [-0.2, -0.15) is 0 Å². The molecule has 0 aliphatic carbocycles. The number of aryl methyl sites for hydroxylation is 1. The number of nitrogens with one attached hydrogen (secondary N) is 2. The predicted octanol–water partition coefficient (Wildman–Crippen LogP) is 4.29. The van der Waals surface area contributed by atoms with E-state index in [9.17, 15) is 14.4 Å². The number of benzene rings is 2. The van der Waals surface area contributed by atoms with Gasteiger partial charge < -0.3 is 28.9 Å². The molecule has 2 N–H and O–H groups in total. The molecule has 5 aromatic rings. The number of hydrogen-bond acceptors (Lipinski definition) is 9. The second kappa shape index (κ2) is 10.4. The fraction of sp³-hybridized carbons (Fsp3) is 0.185. The number of fused-ring (bicyclic) bond motifs is 2. The first-order valence-electron chi connectivity index (χ1n) is 11.6. The summed E-state index contributed by atoms with van der Waals surface area (Å²) in [5, 5.41) is 5.88. The fourth-order valence-electron chi connectivity index (χ4n) is 4.02. The van der Waals surface area contributed by atoms with Crippen molar-refractivity contribution in [3.63, 3.8) is 0 Å². The minimum absolute atomic E-state index is 0.186. The molecule has 0 saturated heterocycles. The van der Waals surface area contributed by atoms with Gasteiger partial charge in [-0.15, -0.1) is 0 Å². The standard InChI is InChI=1S/C27H23N3O7S/c1-14-10-20-24(26(33)36-14)18(25(37-20)15-4-6-16(34-2)7-5-15)12-22(31)28-13-23(32)30-27-29-19-9-8-17(35-3)11-21(19)38-27/h4-11H,12-13H2,1-3H3,(H,28,31)(H,29,30,32). The molecule has 2 aromatic carbocycles. The summed E-state index contributed by atoms with van der Waals surface area (Å²) in [7, 11) is 3.14. The van der Waals surface area contributed by atoms with Gasteiger partial charge in [0, 0.05) is 17.2 Å². The van der Waals surface area contributed by atoms with Crippen molar-refractivity contribution in [3.8, 4) is 22.8 Å². The molecule has 3 heterocycles. The number of hydrogen-bond donors (Lipinski definition) is 2. The number of methoxy groups -OCH3 is 2. The number of thiazole rings is 1. The lowest BCUT2D eigenvalue weighted by atomic mass is 10.0. The number of carbonyl (C=O) groups excluding carboxylic acids is 2. The summed E-state index contributed by atoms with van der Waals surface area (Å²) in [6.07, 6.45) is -0.198. The molecule has 38 heavy (non-hydrogen) atoms. The van der Waals surface area contributed by atoms with Crippen LogP contribution in [0.1, 0.15) is 11.3 Å². The molecule has 0 bridgehead atoms. The third-order valence-electron chi connectivity index (χ3n) is 5.80. The van der Waals surface area contributed by atoms with Crippen molar-refractivity contribution in [3.05, 3.63) is 70.3 Å². The van der Waals surface area contributed by atoms with E-state index in [1.54, 1.807) is 63.6 Å². The van der Waals surface area contributed by atoms with Crippen LogP contribution in [0.5, 0.6) is 11.5 Å². The highest BCUT2D eigenvalue weighted by Gasteiger charge is 2.23. The quantitative estimate of drug-likeness (QED) is 0.302. The van der Waals surface area contributed by atoms with E-state index in [1.165, 1.54) is 11.3 Å². The molecule has 0 spiro atoms. The minimum Gasteiger partial charge on any atom is -0.497 e. The smallest absolute Gasteiger partial charge is 0.347 e. The maximum Gasteiger partial charge on any atom is 0.347 e. The zero-order valence-electron chi connectivity index (χ0n) is 20.7. The Morgan fingerprint density at radius 3 is 2.45 bits per heavy atom. The number of nitrogens with zero attached hydrogens (tertiary/aromatic N) is 1. The van der Waals surface area contributed by atoms with Crippen molar-refractivity contribution in [2.75, 3.05) is 26.1 Å². The van der Waals surface area contributed by atoms with Crippen LogP contribution in [0, 0.1) is 6.92 Å². The Morgan fingerprint density at radius 1 is 0.974 bits per heavy atom. The van der Waals surface area contributed by atoms with Crippen LogP contribution in [-0.2, 0) is 16.0 Å². The largest absolute Gasteiger partial charge is 0.497 e. The zero-order chi connectivity index (χ0) is 26.8. The molecule has 3 aromatic heterocycles. The minimum atomic E-state index is -0.600. The molecule has 0 aliphatic heterocycles. The Kier molecular flexibility index (Phi) is 6.84. The van der Waals surface area contributed by atoms with Crippen LogP contribution in [-0.4, -0.2) is 37.6 Å². The summed E-state index contributed by atoms with van der Waals surface area (Å²) < 4.78 is 22.5. The highest BCUT2D eigenvalue weighted by Crippen LogP contribution is 2.34. The monoisotopic (exact) mass is 533 g/mol. The van der Waals surface area contributed by atoms with Crippen LogP contribution in [0.25, 0.3) is 32.5 Å². The van der Waals surface area contributed by atoms with Gasteiger partial charge in [-0.1, -0.05) is 11.3 Å². The lowest BCUT2D eigenvalue weighted by Crippen LogP contribution is -2.33. The van der Waals surface area contributed by atoms with Crippen molar-refractivity contribution in [2.24, 2.45) is 0 Å². The van der Waals surface area contributed by atoms with Gasteiger partial charge in [-0.25, -0.2) is 9.78 Å². The third kappa shape index (κ3) is 5.09.